The molecule has 0 amide bonds. The quantitative estimate of drug-likeness (QED) is 0.708. The molecule has 0 saturated carbocycles. The molecule has 1 aliphatic rings. The minimum atomic E-state index is 0.250. The molecule has 0 bridgehead atoms. The Labute approximate surface area is 134 Å². The van der Waals surface area contributed by atoms with Crippen molar-refractivity contribution in [3.63, 3.8) is 0 Å². The highest BCUT2D eigenvalue weighted by Crippen LogP contribution is 2.27. The minimum Gasteiger partial charge on any atom is -0.397 e. The van der Waals surface area contributed by atoms with Crippen molar-refractivity contribution in [2.45, 2.75) is 13.5 Å². The first kappa shape index (κ1) is 15.2. The molecule has 1 aromatic carbocycles. The van der Waals surface area contributed by atoms with Crippen molar-refractivity contribution in [2.75, 3.05) is 30.3 Å². The average Bonchev–Trinajstić information content (AvgIpc) is 3.32. The average molecular weight is 312 g/mol. The third-order valence-corrected chi connectivity index (χ3v) is 3.41. The maximum Gasteiger partial charge on any atom is 0.224 e. The maximum absolute atomic E-state index is 7.57. The predicted molar refractivity (Wildman–Crippen MR) is 90.3 cm³/mol. The van der Waals surface area contributed by atoms with Crippen LogP contribution in [0.5, 0.6) is 0 Å². The van der Waals surface area contributed by atoms with Crippen LogP contribution in [0.1, 0.15) is 12.5 Å². The third-order valence-electron chi connectivity index (χ3n) is 3.41. The summed E-state index contributed by atoms with van der Waals surface area (Å²) in [6.07, 6.45) is 1.80. The van der Waals surface area contributed by atoms with Crippen molar-refractivity contribution in [3.05, 3.63) is 42.2 Å². The van der Waals surface area contributed by atoms with Gasteiger partial charge in [0.2, 0.25) is 5.95 Å². The summed E-state index contributed by atoms with van der Waals surface area (Å²) in [4.78, 5) is 15.2. The van der Waals surface area contributed by atoms with Crippen LogP contribution in [0.2, 0.25) is 0 Å². The SMILES string of the molecule is CCO.Nc1nc(N2CC2)c2ncn(Cc3ccccc3)c2n1. The molecule has 2 aromatic heterocycles. The molecule has 120 valence electrons. The van der Waals surface area contributed by atoms with Gasteiger partial charge in [0.05, 0.1) is 12.9 Å². The van der Waals surface area contributed by atoms with E-state index in [1.807, 2.05) is 22.8 Å². The number of hydrogen-bond acceptors (Lipinski definition) is 6. The Morgan fingerprint density at radius 1 is 1.17 bits per heavy atom. The molecule has 1 saturated heterocycles. The molecule has 3 N–H and O–H groups in total. The van der Waals surface area contributed by atoms with Gasteiger partial charge < -0.3 is 20.3 Å². The molecule has 7 nitrogen and oxygen atoms in total. The van der Waals surface area contributed by atoms with E-state index in [9.17, 15) is 0 Å². The van der Waals surface area contributed by atoms with E-state index in [1.54, 1.807) is 13.3 Å². The third kappa shape index (κ3) is 3.40. The van der Waals surface area contributed by atoms with Crippen molar-refractivity contribution in [1.82, 2.24) is 19.5 Å². The van der Waals surface area contributed by atoms with Crippen LogP contribution in [0.3, 0.4) is 0 Å². The van der Waals surface area contributed by atoms with Gasteiger partial charge in [0.1, 0.15) is 0 Å². The van der Waals surface area contributed by atoms with Crippen LogP contribution >= 0.6 is 0 Å². The topological polar surface area (TPSA) is 92.9 Å². The van der Waals surface area contributed by atoms with Gasteiger partial charge in [-0.15, -0.1) is 0 Å². The fraction of sp³-hybridized carbons (Fsp3) is 0.312. The van der Waals surface area contributed by atoms with Gasteiger partial charge in [-0.25, -0.2) is 4.98 Å². The number of rotatable bonds is 3. The minimum absolute atomic E-state index is 0.250. The highest BCUT2D eigenvalue weighted by Gasteiger charge is 2.24. The van der Waals surface area contributed by atoms with E-state index in [2.05, 4.69) is 32.0 Å². The van der Waals surface area contributed by atoms with Crippen LogP contribution in [0, 0.1) is 0 Å². The summed E-state index contributed by atoms with van der Waals surface area (Å²) in [7, 11) is 0. The Kier molecular flexibility index (Phi) is 4.38. The van der Waals surface area contributed by atoms with E-state index in [-0.39, 0.29) is 6.61 Å². The number of fused-ring (bicyclic) bond motifs is 1. The van der Waals surface area contributed by atoms with Gasteiger partial charge in [-0.2, -0.15) is 9.97 Å². The van der Waals surface area contributed by atoms with E-state index in [0.29, 0.717) is 5.95 Å². The fourth-order valence-electron chi connectivity index (χ4n) is 2.32. The van der Waals surface area contributed by atoms with Crippen LogP contribution in [0.4, 0.5) is 11.8 Å². The summed E-state index contributed by atoms with van der Waals surface area (Å²) < 4.78 is 2.01. The van der Waals surface area contributed by atoms with E-state index >= 15 is 0 Å². The maximum atomic E-state index is 7.57. The Morgan fingerprint density at radius 3 is 2.52 bits per heavy atom. The van der Waals surface area contributed by atoms with Gasteiger partial charge in [0.25, 0.3) is 0 Å². The number of imidazole rings is 1. The smallest absolute Gasteiger partial charge is 0.224 e. The van der Waals surface area contributed by atoms with Gasteiger partial charge >= 0.3 is 0 Å². The van der Waals surface area contributed by atoms with Crippen molar-refractivity contribution in [3.8, 4) is 0 Å². The molecule has 0 aliphatic carbocycles. The van der Waals surface area contributed by atoms with Crippen LogP contribution in [-0.2, 0) is 6.54 Å². The van der Waals surface area contributed by atoms with Gasteiger partial charge in [0, 0.05) is 19.7 Å². The first-order valence-electron chi connectivity index (χ1n) is 7.61. The zero-order valence-electron chi connectivity index (χ0n) is 13.1. The molecule has 0 radical (unpaired) electrons. The molecule has 4 rings (SSSR count). The Morgan fingerprint density at radius 2 is 1.87 bits per heavy atom. The zero-order valence-corrected chi connectivity index (χ0v) is 13.1. The molecule has 1 aliphatic heterocycles. The van der Waals surface area contributed by atoms with Crippen molar-refractivity contribution in [1.29, 1.82) is 0 Å². The number of aliphatic hydroxyl groups excluding tert-OH is 1. The number of nitrogens with two attached hydrogens (primary N) is 1. The second-order valence-electron chi connectivity index (χ2n) is 5.24. The Bertz CT molecular complexity index is 782. The van der Waals surface area contributed by atoms with Crippen LogP contribution in [0.25, 0.3) is 11.2 Å². The molecular formula is C16H20N6O. The molecule has 0 unspecified atom stereocenters. The molecule has 3 heterocycles. The molecule has 23 heavy (non-hydrogen) atoms. The molecule has 0 atom stereocenters. The first-order chi connectivity index (χ1) is 11.2. The standard InChI is InChI=1S/C14H14N6.C2H6O/c15-14-17-12(19-6-7-19)11-13(18-14)20(9-16-11)8-10-4-2-1-3-5-10;1-2-3/h1-5,9H,6-8H2,(H2,15,17,18);3H,2H2,1H3. The highest BCUT2D eigenvalue weighted by atomic mass is 16.2. The second kappa shape index (κ2) is 6.62. The largest absolute Gasteiger partial charge is 0.397 e. The number of hydrogen-bond donors (Lipinski definition) is 2. The van der Waals surface area contributed by atoms with E-state index < -0.39 is 0 Å². The lowest BCUT2D eigenvalue weighted by Crippen LogP contribution is -2.05. The lowest BCUT2D eigenvalue weighted by molar-refractivity contribution is 0.318. The van der Waals surface area contributed by atoms with Crippen molar-refractivity contribution < 1.29 is 5.11 Å². The summed E-state index contributed by atoms with van der Waals surface area (Å²) in [5, 5.41) is 7.57. The van der Waals surface area contributed by atoms with E-state index in [1.165, 1.54) is 5.56 Å². The monoisotopic (exact) mass is 312 g/mol. The van der Waals surface area contributed by atoms with E-state index in [4.69, 9.17) is 10.8 Å². The first-order valence-corrected chi connectivity index (χ1v) is 7.61. The van der Waals surface area contributed by atoms with Gasteiger partial charge in [-0.05, 0) is 12.5 Å². The lowest BCUT2D eigenvalue weighted by atomic mass is 10.2. The number of aliphatic hydroxyl groups is 1. The van der Waals surface area contributed by atoms with Gasteiger partial charge in [-0.1, -0.05) is 30.3 Å². The fourth-order valence-corrected chi connectivity index (χ4v) is 2.32. The molecule has 0 spiro atoms. The summed E-state index contributed by atoms with van der Waals surface area (Å²) in [6, 6.07) is 10.2. The number of nitrogen functional groups attached to an aromatic ring is 1. The number of benzene rings is 1. The summed E-state index contributed by atoms with van der Waals surface area (Å²) >= 11 is 0. The van der Waals surface area contributed by atoms with Crippen LogP contribution < -0.4 is 10.6 Å². The summed E-state index contributed by atoms with van der Waals surface area (Å²) in [5.41, 5.74) is 8.65. The summed E-state index contributed by atoms with van der Waals surface area (Å²) in [5.74, 6) is 1.15. The van der Waals surface area contributed by atoms with Crippen LogP contribution in [0.15, 0.2) is 36.7 Å². The van der Waals surface area contributed by atoms with Crippen LogP contribution in [-0.4, -0.2) is 44.3 Å². The van der Waals surface area contributed by atoms with Crippen molar-refractivity contribution >= 4 is 22.9 Å². The Balaban J connectivity index is 0.000000485. The normalized spacial score (nSPS) is 12.9. The second-order valence-corrected chi connectivity index (χ2v) is 5.24. The molecule has 7 heteroatoms. The summed E-state index contributed by atoms with van der Waals surface area (Å²) in [6.45, 7) is 4.68. The molecule has 3 aromatic rings. The van der Waals surface area contributed by atoms with Gasteiger partial charge in [-0.3, -0.25) is 0 Å². The van der Waals surface area contributed by atoms with Gasteiger partial charge in [0.15, 0.2) is 17.0 Å². The molecular weight excluding hydrogens is 292 g/mol. The lowest BCUT2D eigenvalue weighted by Gasteiger charge is -2.06. The number of nitrogens with zero attached hydrogens (tertiary/aromatic N) is 5. The number of aromatic nitrogens is 4. The van der Waals surface area contributed by atoms with Crippen molar-refractivity contribution in [2.24, 2.45) is 0 Å². The van der Waals surface area contributed by atoms with E-state index in [0.717, 1.165) is 36.6 Å². The molecule has 1 fully saturated rings. The number of anilines is 2. The zero-order chi connectivity index (χ0) is 16.2. The predicted octanol–water partition coefficient (Wildman–Crippen LogP) is 1.28. The highest BCUT2D eigenvalue weighted by molar-refractivity contribution is 5.85. The Hall–Kier alpha value is -2.67.